The van der Waals surface area contributed by atoms with E-state index in [9.17, 15) is 9.90 Å². The zero-order valence-corrected chi connectivity index (χ0v) is 9.36. The Kier molecular flexibility index (Phi) is 6.54. The number of carboxylic acid groups (broad SMARTS) is 1. The van der Waals surface area contributed by atoms with E-state index in [1.807, 2.05) is 6.92 Å². The summed E-state index contributed by atoms with van der Waals surface area (Å²) in [4.78, 5) is 10.6. The number of hydrogen-bond donors (Lipinski definition) is 2. The van der Waals surface area contributed by atoms with Gasteiger partial charge in [0.05, 0.1) is 12.0 Å². The number of aliphatic hydroxyl groups is 1. The zero-order valence-electron chi connectivity index (χ0n) is 9.36. The standard InChI is InChI=1S/C11H22O3/c1-4-5-6-7-8(2)10(12)9(3)11(13)14/h8-10,12H,4-7H2,1-3H3,(H,13,14). The van der Waals surface area contributed by atoms with Crippen molar-refractivity contribution < 1.29 is 15.0 Å². The minimum Gasteiger partial charge on any atom is -0.481 e. The van der Waals surface area contributed by atoms with E-state index in [-0.39, 0.29) is 5.92 Å². The molecule has 3 nitrogen and oxygen atoms in total. The third-order valence-corrected chi connectivity index (χ3v) is 2.75. The van der Waals surface area contributed by atoms with Crippen LogP contribution in [0.3, 0.4) is 0 Å². The summed E-state index contributed by atoms with van der Waals surface area (Å²) in [6, 6.07) is 0. The molecule has 3 unspecified atom stereocenters. The van der Waals surface area contributed by atoms with E-state index < -0.39 is 18.0 Å². The van der Waals surface area contributed by atoms with Gasteiger partial charge in [0.25, 0.3) is 0 Å². The Bertz CT molecular complexity index is 168. The van der Waals surface area contributed by atoms with Crippen molar-refractivity contribution in [3.8, 4) is 0 Å². The van der Waals surface area contributed by atoms with Crippen molar-refractivity contribution in [1.29, 1.82) is 0 Å². The van der Waals surface area contributed by atoms with Crippen LogP contribution in [0.5, 0.6) is 0 Å². The summed E-state index contributed by atoms with van der Waals surface area (Å²) in [5.41, 5.74) is 0. The van der Waals surface area contributed by atoms with Crippen molar-refractivity contribution in [1.82, 2.24) is 0 Å². The highest BCUT2D eigenvalue weighted by molar-refractivity contribution is 5.70. The van der Waals surface area contributed by atoms with E-state index in [2.05, 4.69) is 6.92 Å². The van der Waals surface area contributed by atoms with Gasteiger partial charge in [0.1, 0.15) is 0 Å². The predicted molar refractivity (Wildman–Crippen MR) is 56.1 cm³/mol. The third-order valence-electron chi connectivity index (χ3n) is 2.75. The van der Waals surface area contributed by atoms with Crippen molar-refractivity contribution in [3.05, 3.63) is 0 Å². The molecule has 0 spiro atoms. The van der Waals surface area contributed by atoms with Crippen molar-refractivity contribution in [2.75, 3.05) is 0 Å². The second-order valence-electron chi connectivity index (χ2n) is 4.09. The summed E-state index contributed by atoms with van der Waals surface area (Å²) in [5.74, 6) is -1.50. The number of rotatable bonds is 7. The summed E-state index contributed by atoms with van der Waals surface area (Å²) in [6.07, 6.45) is 3.56. The van der Waals surface area contributed by atoms with Crippen molar-refractivity contribution in [2.24, 2.45) is 11.8 Å². The molecular weight excluding hydrogens is 180 g/mol. The fraction of sp³-hybridized carbons (Fsp3) is 0.909. The zero-order chi connectivity index (χ0) is 11.1. The smallest absolute Gasteiger partial charge is 0.308 e. The molecule has 14 heavy (non-hydrogen) atoms. The Morgan fingerprint density at radius 3 is 2.29 bits per heavy atom. The van der Waals surface area contributed by atoms with Gasteiger partial charge in [-0.05, 0) is 19.3 Å². The minimum absolute atomic E-state index is 0.0765. The molecule has 3 heteroatoms. The van der Waals surface area contributed by atoms with Crippen LogP contribution in [0.15, 0.2) is 0 Å². The molecule has 0 bridgehead atoms. The molecule has 0 aromatic carbocycles. The largest absolute Gasteiger partial charge is 0.481 e. The second kappa shape index (κ2) is 6.82. The molecule has 0 fully saturated rings. The van der Waals surface area contributed by atoms with Crippen LogP contribution in [-0.4, -0.2) is 22.3 Å². The summed E-state index contributed by atoms with van der Waals surface area (Å²) in [6.45, 7) is 5.60. The van der Waals surface area contributed by atoms with Gasteiger partial charge in [-0.15, -0.1) is 0 Å². The van der Waals surface area contributed by atoms with E-state index >= 15 is 0 Å². The second-order valence-corrected chi connectivity index (χ2v) is 4.09. The SMILES string of the molecule is CCCCCC(C)C(O)C(C)C(=O)O. The highest BCUT2D eigenvalue weighted by Crippen LogP contribution is 2.19. The van der Waals surface area contributed by atoms with E-state index in [1.54, 1.807) is 6.92 Å². The number of aliphatic hydroxyl groups excluding tert-OH is 1. The average Bonchev–Trinajstić information content (AvgIpc) is 2.15. The maximum Gasteiger partial charge on any atom is 0.308 e. The average molecular weight is 202 g/mol. The maximum absolute atomic E-state index is 10.6. The molecule has 2 N–H and O–H groups in total. The van der Waals surface area contributed by atoms with Crippen LogP contribution in [0.25, 0.3) is 0 Å². The van der Waals surface area contributed by atoms with Gasteiger partial charge in [0, 0.05) is 0 Å². The molecule has 0 amide bonds. The summed E-state index contributed by atoms with van der Waals surface area (Å²) in [5, 5.41) is 18.4. The fourth-order valence-electron chi connectivity index (χ4n) is 1.53. The number of carbonyl (C=O) groups is 1. The van der Waals surface area contributed by atoms with Gasteiger partial charge in [0.15, 0.2) is 0 Å². The summed E-state index contributed by atoms with van der Waals surface area (Å²) in [7, 11) is 0. The molecular formula is C11H22O3. The van der Waals surface area contributed by atoms with Crippen LogP contribution < -0.4 is 0 Å². The van der Waals surface area contributed by atoms with Crippen LogP contribution in [0.2, 0.25) is 0 Å². The Labute approximate surface area is 86.1 Å². The van der Waals surface area contributed by atoms with E-state index in [4.69, 9.17) is 5.11 Å². The first-order valence-electron chi connectivity index (χ1n) is 5.41. The van der Waals surface area contributed by atoms with Crippen LogP contribution in [0.4, 0.5) is 0 Å². The van der Waals surface area contributed by atoms with Gasteiger partial charge in [0.2, 0.25) is 0 Å². The van der Waals surface area contributed by atoms with Gasteiger partial charge >= 0.3 is 5.97 Å². The highest BCUT2D eigenvalue weighted by Gasteiger charge is 2.25. The number of carboxylic acids is 1. The molecule has 3 atom stereocenters. The molecule has 0 aliphatic carbocycles. The van der Waals surface area contributed by atoms with Crippen molar-refractivity contribution >= 4 is 5.97 Å². The van der Waals surface area contributed by atoms with Gasteiger partial charge in [-0.25, -0.2) is 0 Å². The van der Waals surface area contributed by atoms with Crippen LogP contribution in [-0.2, 0) is 4.79 Å². The quantitative estimate of drug-likeness (QED) is 0.623. The van der Waals surface area contributed by atoms with E-state index in [0.717, 1.165) is 25.7 Å². The molecule has 0 aromatic rings. The van der Waals surface area contributed by atoms with E-state index in [0.29, 0.717) is 0 Å². The Morgan fingerprint density at radius 1 is 1.29 bits per heavy atom. The monoisotopic (exact) mass is 202 g/mol. The maximum atomic E-state index is 10.6. The van der Waals surface area contributed by atoms with Gasteiger partial charge < -0.3 is 10.2 Å². The lowest BCUT2D eigenvalue weighted by molar-refractivity contribution is -0.146. The molecule has 0 heterocycles. The van der Waals surface area contributed by atoms with Crippen molar-refractivity contribution in [3.63, 3.8) is 0 Å². The van der Waals surface area contributed by atoms with Crippen LogP contribution in [0, 0.1) is 11.8 Å². The topological polar surface area (TPSA) is 57.5 Å². The minimum atomic E-state index is -0.917. The molecule has 0 rings (SSSR count). The molecule has 0 saturated carbocycles. The lowest BCUT2D eigenvalue weighted by Gasteiger charge is -2.21. The number of aliphatic carboxylic acids is 1. The third kappa shape index (κ3) is 4.61. The van der Waals surface area contributed by atoms with E-state index in [1.165, 1.54) is 0 Å². The molecule has 0 radical (unpaired) electrons. The number of unbranched alkanes of at least 4 members (excludes halogenated alkanes) is 2. The van der Waals surface area contributed by atoms with Gasteiger partial charge in [-0.3, -0.25) is 4.79 Å². The predicted octanol–water partition coefficient (Wildman–Crippen LogP) is 2.28. The normalized spacial score (nSPS) is 17.4. The Hall–Kier alpha value is -0.570. The number of hydrogen-bond acceptors (Lipinski definition) is 2. The lowest BCUT2D eigenvalue weighted by Crippen LogP contribution is -2.31. The molecule has 0 aliphatic rings. The van der Waals surface area contributed by atoms with Crippen LogP contribution in [0.1, 0.15) is 46.5 Å². The Morgan fingerprint density at radius 2 is 1.86 bits per heavy atom. The first kappa shape index (κ1) is 13.4. The first-order chi connectivity index (χ1) is 6.50. The summed E-state index contributed by atoms with van der Waals surface area (Å²) < 4.78 is 0. The van der Waals surface area contributed by atoms with Gasteiger partial charge in [-0.1, -0.05) is 33.1 Å². The molecule has 0 aliphatic heterocycles. The van der Waals surface area contributed by atoms with Crippen molar-refractivity contribution in [2.45, 2.75) is 52.6 Å². The van der Waals surface area contributed by atoms with Crippen LogP contribution >= 0.6 is 0 Å². The lowest BCUT2D eigenvalue weighted by atomic mass is 9.89. The molecule has 0 saturated heterocycles. The molecule has 0 aromatic heterocycles. The highest BCUT2D eigenvalue weighted by atomic mass is 16.4. The molecule has 84 valence electrons. The summed E-state index contributed by atoms with van der Waals surface area (Å²) >= 11 is 0. The fourth-order valence-corrected chi connectivity index (χ4v) is 1.53. The van der Waals surface area contributed by atoms with Gasteiger partial charge in [-0.2, -0.15) is 0 Å². The Balaban J connectivity index is 3.85. The first-order valence-corrected chi connectivity index (χ1v) is 5.41.